The smallest absolute Gasteiger partial charge is 0.266 e. The summed E-state index contributed by atoms with van der Waals surface area (Å²) in [4.78, 5) is 28.5. The third kappa shape index (κ3) is 4.51. The van der Waals surface area contributed by atoms with Gasteiger partial charge < -0.3 is 20.1 Å². The van der Waals surface area contributed by atoms with E-state index in [0.717, 1.165) is 36.3 Å². The summed E-state index contributed by atoms with van der Waals surface area (Å²) in [5.41, 5.74) is -2.99. The fourth-order valence-corrected chi connectivity index (χ4v) is 6.00. The average molecular weight is 525 g/mol. The fraction of sp³-hybridized carbons (Fsp3) is 0.538. The molecule has 37 heavy (non-hydrogen) atoms. The van der Waals surface area contributed by atoms with Gasteiger partial charge in [-0.3, -0.25) is 9.59 Å². The van der Waals surface area contributed by atoms with Gasteiger partial charge in [0.05, 0.1) is 16.8 Å². The molecule has 1 amide bonds. The molecule has 2 aromatic rings. The maximum atomic E-state index is 14.5. The molecule has 3 heterocycles. The molecule has 2 bridgehead atoms. The van der Waals surface area contributed by atoms with Crippen LogP contribution in [0.15, 0.2) is 35.3 Å². The van der Waals surface area contributed by atoms with Gasteiger partial charge in [-0.05, 0) is 44.6 Å². The Hall–Kier alpha value is -2.95. The number of anilines is 1. The molecule has 2 aliphatic heterocycles. The third-order valence-electron chi connectivity index (χ3n) is 8.22. The molecule has 6 nitrogen and oxygen atoms in total. The van der Waals surface area contributed by atoms with Crippen LogP contribution in [0.1, 0.15) is 53.6 Å². The molecule has 2 saturated heterocycles. The van der Waals surface area contributed by atoms with Crippen molar-refractivity contribution in [3.63, 3.8) is 0 Å². The zero-order valence-electron chi connectivity index (χ0n) is 20.3. The Balaban J connectivity index is 1.45. The molecule has 1 aromatic heterocycles. The van der Waals surface area contributed by atoms with Gasteiger partial charge >= 0.3 is 0 Å². The Morgan fingerprint density at radius 1 is 1.16 bits per heavy atom. The molecule has 0 radical (unpaired) electrons. The molecule has 1 aromatic carbocycles. The summed E-state index contributed by atoms with van der Waals surface area (Å²) < 4.78 is 69.6. The van der Waals surface area contributed by atoms with E-state index in [1.54, 1.807) is 0 Å². The summed E-state index contributed by atoms with van der Waals surface area (Å²) in [7, 11) is 2.03. The number of halogens is 5. The van der Waals surface area contributed by atoms with Gasteiger partial charge in [-0.2, -0.15) is 0 Å². The fourth-order valence-electron chi connectivity index (χ4n) is 6.00. The number of piperidine rings is 2. The van der Waals surface area contributed by atoms with E-state index in [4.69, 9.17) is 0 Å². The summed E-state index contributed by atoms with van der Waals surface area (Å²) in [6, 6.07) is 4.75. The van der Waals surface area contributed by atoms with Crippen LogP contribution in [0.5, 0.6) is 0 Å². The first-order valence-electron chi connectivity index (χ1n) is 12.4. The van der Waals surface area contributed by atoms with Crippen molar-refractivity contribution in [2.45, 2.75) is 56.7 Å². The average Bonchev–Trinajstić information content (AvgIpc) is 2.81. The SMILES string of the molecule is CN1CC2C[C@H](C1)C2Nc1cc(=O)n(C2(C(F)F)CCC2)cc1C(=O)NCc1cccc(C(F)F)c1F. The quantitative estimate of drug-likeness (QED) is 0.504. The number of hydrogen-bond donors (Lipinski definition) is 2. The van der Waals surface area contributed by atoms with E-state index in [2.05, 4.69) is 15.5 Å². The first-order valence-corrected chi connectivity index (χ1v) is 12.4. The van der Waals surface area contributed by atoms with E-state index in [-0.39, 0.29) is 42.2 Å². The van der Waals surface area contributed by atoms with E-state index in [1.165, 1.54) is 18.2 Å². The van der Waals surface area contributed by atoms with Crippen molar-refractivity contribution in [1.82, 2.24) is 14.8 Å². The Bertz CT molecular complexity index is 1230. The number of carbonyl (C=O) groups is 1. The van der Waals surface area contributed by atoms with Crippen molar-refractivity contribution in [2.75, 3.05) is 25.5 Å². The molecule has 2 aliphatic carbocycles. The third-order valence-corrected chi connectivity index (χ3v) is 8.22. The molecule has 2 saturated carbocycles. The number of nitrogens with zero attached hydrogens (tertiary/aromatic N) is 2. The van der Waals surface area contributed by atoms with Crippen LogP contribution in [0.25, 0.3) is 0 Å². The zero-order chi connectivity index (χ0) is 26.5. The van der Waals surface area contributed by atoms with Crippen LogP contribution in [0.4, 0.5) is 27.6 Å². The van der Waals surface area contributed by atoms with E-state index in [0.29, 0.717) is 18.3 Å². The Morgan fingerprint density at radius 2 is 1.86 bits per heavy atom. The predicted octanol–water partition coefficient (Wildman–Crippen LogP) is 4.36. The largest absolute Gasteiger partial charge is 0.381 e. The van der Waals surface area contributed by atoms with Crippen molar-refractivity contribution in [1.29, 1.82) is 0 Å². The maximum absolute atomic E-state index is 14.5. The van der Waals surface area contributed by atoms with Crippen molar-refractivity contribution in [3.05, 3.63) is 63.3 Å². The van der Waals surface area contributed by atoms with E-state index in [1.807, 2.05) is 7.05 Å². The summed E-state index contributed by atoms with van der Waals surface area (Å²) >= 11 is 0. The number of benzene rings is 1. The molecule has 11 heteroatoms. The van der Waals surface area contributed by atoms with Crippen LogP contribution in [0.2, 0.25) is 0 Å². The lowest BCUT2D eigenvalue weighted by molar-refractivity contribution is -0.0504. The maximum Gasteiger partial charge on any atom is 0.266 e. The molecule has 3 atom stereocenters. The topological polar surface area (TPSA) is 66.4 Å². The number of carbonyl (C=O) groups excluding carboxylic acids is 1. The summed E-state index contributed by atoms with van der Waals surface area (Å²) in [6.45, 7) is 1.34. The normalized spacial score (nSPS) is 24.5. The monoisotopic (exact) mass is 524 g/mol. The predicted molar refractivity (Wildman–Crippen MR) is 128 cm³/mol. The van der Waals surface area contributed by atoms with Gasteiger partial charge in [-0.25, -0.2) is 22.0 Å². The van der Waals surface area contributed by atoms with Gasteiger partial charge in [0.2, 0.25) is 0 Å². The van der Waals surface area contributed by atoms with E-state index < -0.39 is 41.2 Å². The van der Waals surface area contributed by atoms with Crippen molar-refractivity contribution < 1.29 is 26.7 Å². The van der Waals surface area contributed by atoms with Crippen molar-refractivity contribution >= 4 is 11.6 Å². The molecule has 2 unspecified atom stereocenters. The molecule has 4 aliphatic rings. The lowest BCUT2D eigenvalue weighted by Gasteiger charge is -2.53. The highest BCUT2D eigenvalue weighted by atomic mass is 19.3. The number of rotatable bonds is 8. The molecule has 0 spiro atoms. The second kappa shape index (κ2) is 9.74. The zero-order valence-corrected chi connectivity index (χ0v) is 20.3. The number of aromatic nitrogens is 1. The number of alkyl halides is 4. The summed E-state index contributed by atoms with van der Waals surface area (Å²) in [5.74, 6) is -1.18. The van der Waals surface area contributed by atoms with Gasteiger partial charge in [-0.15, -0.1) is 0 Å². The number of pyridine rings is 1. The van der Waals surface area contributed by atoms with Crippen LogP contribution in [-0.4, -0.2) is 48.0 Å². The van der Waals surface area contributed by atoms with Crippen LogP contribution in [-0.2, 0) is 12.1 Å². The highest BCUT2D eigenvalue weighted by Crippen LogP contribution is 2.44. The van der Waals surface area contributed by atoms with Crippen LogP contribution in [0, 0.1) is 17.7 Å². The second-order valence-corrected chi connectivity index (χ2v) is 10.5. The standard InChI is InChI=1S/C26H29F5N4O2/c1-34-11-15-8-16(12-34)22(15)33-19-9-20(36)35(26(25(30)31)6-3-7-26)13-18(19)24(37)32-10-14-4-2-5-17(21(14)27)23(28)29/h2,4-5,9,13,15-16,22-23,25,33H,3,6-8,10-12H2,1H3,(H,32,37)/t15-,16?,22?/m1/s1. The Kier molecular flexibility index (Phi) is 6.76. The van der Waals surface area contributed by atoms with Crippen molar-refractivity contribution in [2.24, 2.45) is 11.8 Å². The number of amides is 1. The molecule has 6 rings (SSSR count). The minimum Gasteiger partial charge on any atom is -0.381 e. The van der Waals surface area contributed by atoms with Gasteiger partial charge in [-0.1, -0.05) is 18.2 Å². The van der Waals surface area contributed by atoms with Gasteiger partial charge in [0.1, 0.15) is 11.4 Å². The highest BCUT2D eigenvalue weighted by Gasteiger charge is 2.49. The number of fused-ring (bicyclic) bond motifs is 2. The van der Waals surface area contributed by atoms with Gasteiger partial charge in [0, 0.05) is 43.5 Å². The summed E-state index contributed by atoms with van der Waals surface area (Å²) in [6.07, 6.45) is -2.85. The highest BCUT2D eigenvalue weighted by molar-refractivity contribution is 5.99. The van der Waals surface area contributed by atoms with E-state index in [9.17, 15) is 31.5 Å². The first-order chi connectivity index (χ1) is 17.6. The molecule has 200 valence electrons. The first kappa shape index (κ1) is 25.7. The van der Waals surface area contributed by atoms with Gasteiger partial charge in [0.15, 0.2) is 0 Å². The second-order valence-electron chi connectivity index (χ2n) is 10.5. The van der Waals surface area contributed by atoms with Crippen LogP contribution < -0.4 is 16.2 Å². The Morgan fingerprint density at radius 3 is 2.46 bits per heavy atom. The van der Waals surface area contributed by atoms with E-state index >= 15 is 0 Å². The molecular formula is C26H29F5N4O2. The number of nitrogens with one attached hydrogen (secondary N) is 2. The van der Waals surface area contributed by atoms with Crippen LogP contribution in [0.3, 0.4) is 0 Å². The Labute approximate surface area is 210 Å². The minimum absolute atomic E-state index is 0.0183. The molecular weight excluding hydrogens is 495 g/mol. The lowest BCUT2D eigenvalue weighted by Crippen LogP contribution is -2.60. The minimum atomic E-state index is -3.01. The van der Waals surface area contributed by atoms with Crippen LogP contribution >= 0.6 is 0 Å². The van der Waals surface area contributed by atoms with Crippen molar-refractivity contribution in [3.8, 4) is 0 Å². The van der Waals surface area contributed by atoms with Gasteiger partial charge in [0.25, 0.3) is 24.3 Å². The lowest BCUT2D eigenvalue weighted by atomic mass is 9.66. The molecule has 2 N–H and O–H groups in total. The number of hydrogen-bond acceptors (Lipinski definition) is 4. The molecule has 4 fully saturated rings. The summed E-state index contributed by atoms with van der Waals surface area (Å²) in [5, 5.41) is 5.83.